The van der Waals surface area contributed by atoms with E-state index in [1.165, 1.54) is 12.1 Å². The molecule has 0 heterocycles. The van der Waals surface area contributed by atoms with Gasteiger partial charge in [0.2, 0.25) is 0 Å². The Morgan fingerprint density at radius 1 is 0.941 bits per heavy atom. The Balaban J connectivity index is 2.33. The third-order valence-corrected chi connectivity index (χ3v) is 3.07. The van der Waals surface area contributed by atoms with Crippen molar-refractivity contribution >= 4 is 23.2 Å². The summed E-state index contributed by atoms with van der Waals surface area (Å²) in [7, 11) is 0. The molecule has 0 spiro atoms. The van der Waals surface area contributed by atoms with Gasteiger partial charge < -0.3 is 5.73 Å². The van der Waals surface area contributed by atoms with Crippen LogP contribution >= 0.6 is 23.2 Å². The largest absolute Gasteiger partial charge is 0.320 e. The highest BCUT2D eigenvalue weighted by molar-refractivity contribution is 6.31. The van der Waals surface area contributed by atoms with Crippen LogP contribution in [0.1, 0.15) is 17.2 Å². The van der Waals surface area contributed by atoms with E-state index in [-0.39, 0.29) is 11.1 Å². The summed E-state index contributed by atoms with van der Waals surface area (Å²) in [6.07, 6.45) is 0. The molecule has 0 bridgehead atoms. The molecule has 1 atom stereocenters. The Morgan fingerprint density at radius 3 is 2.12 bits per heavy atom. The van der Waals surface area contributed by atoms with E-state index in [0.29, 0.717) is 5.02 Å². The second-order valence-electron chi connectivity index (χ2n) is 3.70. The molecule has 2 rings (SSSR count). The van der Waals surface area contributed by atoms with Crippen LogP contribution in [0.5, 0.6) is 0 Å². The zero-order chi connectivity index (χ0) is 12.4. The summed E-state index contributed by atoms with van der Waals surface area (Å²) in [5.41, 5.74) is 7.72. The molecule has 0 fully saturated rings. The van der Waals surface area contributed by atoms with E-state index in [2.05, 4.69) is 0 Å². The second kappa shape index (κ2) is 5.05. The lowest BCUT2D eigenvalue weighted by Crippen LogP contribution is -2.11. The number of halogens is 3. The minimum absolute atomic E-state index is 0.0758. The van der Waals surface area contributed by atoms with Crippen LogP contribution in [0.25, 0.3) is 0 Å². The SMILES string of the molecule is NC(c1ccc(Cl)cc1)c1ccc(F)c(Cl)c1. The molecule has 0 saturated carbocycles. The standard InChI is InChI=1S/C13H10Cl2FN/c14-10-4-1-8(2-5-10)13(17)9-3-6-12(16)11(15)7-9/h1-7,13H,17H2. The normalized spacial score (nSPS) is 12.5. The quantitative estimate of drug-likeness (QED) is 0.870. The molecule has 17 heavy (non-hydrogen) atoms. The summed E-state index contributed by atoms with van der Waals surface area (Å²) < 4.78 is 13.0. The van der Waals surface area contributed by atoms with Crippen molar-refractivity contribution in [2.75, 3.05) is 0 Å². The Morgan fingerprint density at radius 2 is 1.53 bits per heavy atom. The summed E-state index contributed by atoms with van der Waals surface area (Å²) in [6.45, 7) is 0. The van der Waals surface area contributed by atoms with Crippen molar-refractivity contribution in [1.82, 2.24) is 0 Å². The maximum Gasteiger partial charge on any atom is 0.141 e. The molecule has 0 aliphatic rings. The number of benzene rings is 2. The van der Waals surface area contributed by atoms with Crippen molar-refractivity contribution in [1.29, 1.82) is 0 Å². The van der Waals surface area contributed by atoms with Crippen LogP contribution < -0.4 is 5.73 Å². The minimum Gasteiger partial charge on any atom is -0.320 e. The fourth-order valence-corrected chi connectivity index (χ4v) is 1.88. The Labute approximate surface area is 109 Å². The lowest BCUT2D eigenvalue weighted by molar-refractivity contribution is 0.627. The maximum absolute atomic E-state index is 13.0. The predicted molar refractivity (Wildman–Crippen MR) is 68.9 cm³/mol. The van der Waals surface area contributed by atoms with Gasteiger partial charge in [-0.25, -0.2) is 4.39 Å². The van der Waals surface area contributed by atoms with Crippen molar-refractivity contribution in [3.63, 3.8) is 0 Å². The first kappa shape index (κ1) is 12.4. The molecule has 0 radical (unpaired) electrons. The van der Waals surface area contributed by atoms with Gasteiger partial charge in [0.15, 0.2) is 0 Å². The molecule has 0 saturated heterocycles. The topological polar surface area (TPSA) is 26.0 Å². The van der Waals surface area contributed by atoms with Gasteiger partial charge in [0.05, 0.1) is 11.1 Å². The molecule has 2 aromatic rings. The highest BCUT2D eigenvalue weighted by atomic mass is 35.5. The van der Waals surface area contributed by atoms with Gasteiger partial charge in [0.25, 0.3) is 0 Å². The second-order valence-corrected chi connectivity index (χ2v) is 4.55. The number of rotatable bonds is 2. The monoisotopic (exact) mass is 269 g/mol. The molecule has 0 aliphatic carbocycles. The van der Waals surface area contributed by atoms with Crippen LogP contribution in [0, 0.1) is 5.82 Å². The van der Waals surface area contributed by atoms with Crippen LogP contribution in [0.15, 0.2) is 42.5 Å². The fourth-order valence-electron chi connectivity index (χ4n) is 1.57. The van der Waals surface area contributed by atoms with Crippen molar-refractivity contribution in [3.8, 4) is 0 Å². The van der Waals surface area contributed by atoms with Crippen molar-refractivity contribution in [3.05, 3.63) is 69.5 Å². The van der Waals surface area contributed by atoms with Gasteiger partial charge in [0.1, 0.15) is 5.82 Å². The smallest absolute Gasteiger partial charge is 0.141 e. The maximum atomic E-state index is 13.0. The van der Waals surface area contributed by atoms with Crippen LogP contribution in [0.2, 0.25) is 10.0 Å². The zero-order valence-corrected chi connectivity index (χ0v) is 10.3. The van der Waals surface area contributed by atoms with E-state index in [1.807, 2.05) is 12.1 Å². The van der Waals surface area contributed by atoms with Gasteiger partial charge in [-0.05, 0) is 35.4 Å². The lowest BCUT2D eigenvalue weighted by Gasteiger charge is -2.13. The summed E-state index contributed by atoms with van der Waals surface area (Å²) >= 11 is 11.5. The van der Waals surface area contributed by atoms with Crippen molar-refractivity contribution in [2.45, 2.75) is 6.04 Å². The molecule has 0 aliphatic heterocycles. The predicted octanol–water partition coefficient (Wildman–Crippen LogP) is 4.18. The molecule has 4 heteroatoms. The Kier molecular flexibility index (Phi) is 3.67. The molecule has 1 unspecified atom stereocenters. The Bertz CT molecular complexity index is 525. The van der Waals surface area contributed by atoms with E-state index < -0.39 is 5.82 Å². The van der Waals surface area contributed by atoms with Gasteiger partial charge in [-0.15, -0.1) is 0 Å². The van der Waals surface area contributed by atoms with E-state index in [0.717, 1.165) is 11.1 Å². The first-order valence-corrected chi connectivity index (χ1v) is 5.79. The van der Waals surface area contributed by atoms with E-state index in [9.17, 15) is 4.39 Å². The number of hydrogen-bond acceptors (Lipinski definition) is 1. The average Bonchev–Trinajstić information content (AvgIpc) is 2.33. The number of nitrogens with two attached hydrogens (primary N) is 1. The third-order valence-electron chi connectivity index (χ3n) is 2.53. The van der Waals surface area contributed by atoms with Gasteiger partial charge in [-0.3, -0.25) is 0 Å². The van der Waals surface area contributed by atoms with E-state index in [1.54, 1.807) is 18.2 Å². The Hall–Kier alpha value is -1.09. The molecule has 2 N–H and O–H groups in total. The number of hydrogen-bond donors (Lipinski definition) is 1. The fraction of sp³-hybridized carbons (Fsp3) is 0.0769. The minimum atomic E-state index is -0.446. The van der Waals surface area contributed by atoms with Crippen LogP contribution in [-0.4, -0.2) is 0 Å². The molecule has 1 nitrogen and oxygen atoms in total. The van der Waals surface area contributed by atoms with Crippen LogP contribution in [-0.2, 0) is 0 Å². The summed E-state index contributed by atoms with van der Waals surface area (Å²) in [4.78, 5) is 0. The van der Waals surface area contributed by atoms with Gasteiger partial charge in [0, 0.05) is 5.02 Å². The zero-order valence-electron chi connectivity index (χ0n) is 8.83. The summed E-state index contributed by atoms with van der Waals surface area (Å²) in [5.74, 6) is -0.446. The van der Waals surface area contributed by atoms with E-state index >= 15 is 0 Å². The highest BCUT2D eigenvalue weighted by Crippen LogP contribution is 2.24. The molecule has 0 amide bonds. The first-order valence-electron chi connectivity index (χ1n) is 5.04. The van der Waals surface area contributed by atoms with Crippen LogP contribution in [0.3, 0.4) is 0 Å². The molecule has 2 aromatic carbocycles. The van der Waals surface area contributed by atoms with Crippen LogP contribution in [0.4, 0.5) is 4.39 Å². The molecular formula is C13H10Cl2FN. The van der Waals surface area contributed by atoms with Gasteiger partial charge in [-0.1, -0.05) is 41.4 Å². The summed E-state index contributed by atoms with van der Waals surface area (Å²) in [5, 5.41) is 0.727. The van der Waals surface area contributed by atoms with E-state index in [4.69, 9.17) is 28.9 Å². The van der Waals surface area contributed by atoms with Gasteiger partial charge >= 0.3 is 0 Å². The highest BCUT2D eigenvalue weighted by Gasteiger charge is 2.10. The molecular weight excluding hydrogens is 260 g/mol. The molecule has 88 valence electrons. The third kappa shape index (κ3) is 2.78. The summed E-state index contributed by atoms with van der Waals surface area (Å²) in [6, 6.07) is 11.3. The van der Waals surface area contributed by atoms with Crippen molar-refractivity contribution < 1.29 is 4.39 Å². The van der Waals surface area contributed by atoms with Crippen molar-refractivity contribution in [2.24, 2.45) is 5.73 Å². The first-order chi connectivity index (χ1) is 8.08. The molecule has 0 aromatic heterocycles. The lowest BCUT2D eigenvalue weighted by atomic mass is 10.00. The average molecular weight is 270 g/mol. The van der Waals surface area contributed by atoms with Gasteiger partial charge in [-0.2, -0.15) is 0 Å².